The van der Waals surface area contributed by atoms with Gasteiger partial charge in [0.05, 0.1) is 22.1 Å². The second kappa shape index (κ2) is 14.9. The van der Waals surface area contributed by atoms with Gasteiger partial charge in [0.25, 0.3) is 0 Å². The number of fused-ring (bicyclic) bond motifs is 10. The Morgan fingerprint density at radius 2 is 0.708 bits per heavy atom. The lowest BCUT2D eigenvalue weighted by molar-refractivity contribution is 1.29. The Hall–Kier alpha value is -8.80. The Morgan fingerprint density at radius 1 is 0.262 bits per heavy atom. The maximum absolute atomic E-state index is 4.93. The lowest BCUT2D eigenvalue weighted by atomic mass is 9.96. The van der Waals surface area contributed by atoms with Crippen molar-refractivity contribution >= 4 is 93.0 Å². The van der Waals surface area contributed by atoms with Gasteiger partial charge in [-0.05, 0) is 152 Å². The van der Waals surface area contributed by atoms with Crippen molar-refractivity contribution in [3.05, 3.63) is 225 Å². The molecule has 0 amide bonds. The highest BCUT2D eigenvalue weighted by atomic mass is 15.1. The number of nitrogens with zero attached hydrogens (tertiary/aromatic N) is 5. The van der Waals surface area contributed by atoms with Crippen LogP contribution in [0.3, 0.4) is 0 Å². The number of anilines is 3. The van der Waals surface area contributed by atoms with Crippen molar-refractivity contribution in [2.24, 2.45) is 0 Å². The monoisotopic (exact) mass is 827 g/mol. The minimum absolute atomic E-state index is 0.950. The first-order chi connectivity index (χ1) is 32.2. The zero-order valence-corrected chi connectivity index (χ0v) is 35.1. The number of benzene rings is 9. The Labute approximate surface area is 374 Å². The first-order valence-electron chi connectivity index (χ1n) is 21.9. The summed E-state index contributed by atoms with van der Waals surface area (Å²) >= 11 is 0. The Balaban J connectivity index is 0.882. The molecule has 5 nitrogen and oxygen atoms in total. The third kappa shape index (κ3) is 6.40. The Kier molecular flexibility index (Phi) is 8.46. The molecule has 0 aliphatic heterocycles. The van der Waals surface area contributed by atoms with Crippen LogP contribution in [0.15, 0.2) is 225 Å². The third-order valence-corrected chi connectivity index (χ3v) is 12.9. The molecular weight excluding hydrogens is 791 g/mol. The molecule has 0 bridgehead atoms. The predicted octanol–water partition coefficient (Wildman–Crippen LogP) is 15.8. The quantitative estimate of drug-likeness (QED) is 0.156. The van der Waals surface area contributed by atoms with Gasteiger partial charge in [0.2, 0.25) is 0 Å². The molecule has 9 aromatic carbocycles. The summed E-state index contributed by atoms with van der Waals surface area (Å²) < 4.78 is 0. The van der Waals surface area contributed by atoms with Crippen molar-refractivity contribution in [2.75, 3.05) is 4.90 Å². The van der Waals surface area contributed by atoms with Gasteiger partial charge in [0.15, 0.2) is 0 Å². The van der Waals surface area contributed by atoms with Gasteiger partial charge >= 0.3 is 0 Å². The van der Waals surface area contributed by atoms with E-state index in [2.05, 4.69) is 203 Å². The van der Waals surface area contributed by atoms with Gasteiger partial charge in [-0.3, -0.25) is 19.9 Å². The summed E-state index contributed by atoms with van der Waals surface area (Å²) in [5.74, 6) is 0. The first kappa shape index (κ1) is 36.8. The SMILES string of the molecule is c1ccc2cc(-c3ccc4c(ccc5cc(N(c6ccc(-c7cnc8c(ccc9ncccc98)c7)cc6)c6ccc(-c7cnc8c(ccc9ncccc98)c7)cc6)ccc54)c3)ccc2c1. The van der Waals surface area contributed by atoms with Gasteiger partial charge in [-0.1, -0.05) is 103 Å². The van der Waals surface area contributed by atoms with E-state index in [9.17, 15) is 0 Å². The molecule has 0 spiro atoms. The summed E-state index contributed by atoms with van der Waals surface area (Å²) in [4.78, 5) is 21.3. The average molecular weight is 828 g/mol. The number of aromatic nitrogens is 4. The maximum atomic E-state index is 4.93. The molecule has 13 rings (SSSR count). The predicted molar refractivity (Wildman–Crippen MR) is 271 cm³/mol. The van der Waals surface area contributed by atoms with Crippen LogP contribution in [-0.2, 0) is 0 Å². The average Bonchev–Trinajstić information content (AvgIpc) is 3.38. The summed E-state index contributed by atoms with van der Waals surface area (Å²) in [5, 5.41) is 11.7. The number of rotatable bonds is 6. The van der Waals surface area contributed by atoms with Crippen molar-refractivity contribution in [3.63, 3.8) is 0 Å². The topological polar surface area (TPSA) is 54.8 Å². The summed E-state index contributed by atoms with van der Waals surface area (Å²) in [6.07, 6.45) is 7.59. The molecule has 0 radical (unpaired) electrons. The van der Waals surface area contributed by atoms with Crippen LogP contribution in [0.2, 0.25) is 0 Å². The van der Waals surface area contributed by atoms with Crippen LogP contribution in [0.1, 0.15) is 0 Å². The summed E-state index contributed by atoms with van der Waals surface area (Å²) in [7, 11) is 0. The van der Waals surface area contributed by atoms with Crippen molar-refractivity contribution in [1.82, 2.24) is 19.9 Å². The molecule has 0 atom stereocenters. The van der Waals surface area contributed by atoms with Crippen molar-refractivity contribution in [3.8, 4) is 33.4 Å². The number of pyridine rings is 4. The second-order valence-corrected chi connectivity index (χ2v) is 16.8. The normalized spacial score (nSPS) is 11.7. The molecule has 0 saturated carbocycles. The summed E-state index contributed by atoms with van der Waals surface area (Å²) in [6, 6.07) is 72.0. The zero-order chi connectivity index (χ0) is 42.8. The first-order valence-corrected chi connectivity index (χ1v) is 21.9. The van der Waals surface area contributed by atoms with E-state index in [0.29, 0.717) is 0 Å². The molecule has 0 fully saturated rings. The van der Waals surface area contributed by atoms with Gasteiger partial charge in [0.1, 0.15) is 0 Å². The molecule has 0 N–H and O–H groups in total. The van der Waals surface area contributed by atoms with E-state index in [1.807, 2.05) is 36.9 Å². The molecule has 0 unspecified atom stereocenters. The molecule has 302 valence electrons. The highest BCUT2D eigenvalue weighted by Gasteiger charge is 2.16. The second-order valence-electron chi connectivity index (χ2n) is 16.8. The van der Waals surface area contributed by atoms with E-state index in [1.165, 1.54) is 43.4 Å². The van der Waals surface area contributed by atoms with Crippen molar-refractivity contribution in [1.29, 1.82) is 0 Å². The maximum Gasteiger partial charge on any atom is 0.0796 e. The van der Waals surface area contributed by atoms with Gasteiger partial charge in [0, 0.05) is 74.5 Å². The molecule has 5 heteroatoms. The molecule has 0 saturated heterocycles. The Morgan fingerprint density at radius 3 is 1.31 bits per heavy atom. The van der Waals surface area contributed by atoms with Crippen LogP contribution < -0.4 is 4.90 Å². The van der Waals surface area contributed by atoms with Crippen LogP contribution in [0.25, 0.3) is 109 Å². The molecule has 65 heavy (non-hydrogen) atoms. The minimum Gasteiger partial charge on any atom is -0.310 e. The fraction of sp³-hybridized carbons (Fsp3) is 0. The summed E-state index contributed by atoms with van der Waals surface area (Å²) in [5.41, 5.74) is 13.8. The van der Waals surface area contributed by atoms with Gasteiger partial charge in [-0.25, -0.2) is 0 Å². The number of hydrogen-bond donors (Lipinski definition) is 0. The third-order valence-electron chi connectivity index (χ3n) is 12.9. The molecule has 13 aromatic rings. The fourth-order valence-corrected chi connectivity index (χ4v) is 9.62. The van der Waals surface area contributed by atoms with E-state index < -0.39 is 0 Å². The van der Waals surface area contributed by atoms with Crippen LogP contribution in [-0.4, -0.2) is 19.9 Å². The van der Waals surface area contributed by atoms with E-state index in [-0.39, 0.29) is 0 Å². The van der Waals surface area contributed by atoms with Gasteiger partial charge in [-0.2, -0.15) is 0 Å². The van der Waals surface area contributed by atoms with Gasteiger partial charge in [-0.15, -0.1) is 0 Å². The summed E-state index contributed by atoms with van der Waals surface area (Å²) in [6.45, 7) is 0. The lowest BCUT2D eigenvalue weighted by Gasteiger charge is -2.26. The zero-order valence-electron chi connectivity index (χ0n) is 35.1. The molecule has 4 aromatic heterocycles. The minimum atomic E-state index is 0.950. The fourth-order valence-electron chi connectivity index (χ4n) is 9.62. The molecular formula is C60H37N5. The van der Waals surface area contributed by atoms with E-state index >= 15 is 0 Å². The smallest absolute Gasteiger partial charge is 0.0796 e. The standard InChI is InChI=1S/C60H37N5/c1-2-6-41-31-42(10-9-38(41)5-1)43-17-25-53-44(32-43)11-12-45-35-52(24-26-54(45)53)65(50-20-13-39(14-21-50)48-33-46-18-27-57-55(7-3-29-61-57)59(46)63-36-48)51-22-15-40(16-23-51)49-34-47-19-28-58-56(8-4-30-62-58)60(47)64-37-49/h1-37H. The number of hydrogen-bond acceptors (Lipinski definition) is 5. The van der Waals surface area contributed by atoms with Crippen LogP contribution >= 0.6 is 0 Å². The van der Waals surface area contributed by atoms with E-state index in [1.54, 1.807) is 0 Å². The highest BCUT2D eigenvalue weighted by Crippen LogP contribution is 2.40. The highest BCUT2D eigenvalue weighted by molar-refractivity contribution is 6.10. The Bertz CT molecular complexity index is 3850. The van der Waals surface area contributed by atoms with Crippen LogP contribution in [0.4, 0.5) is 17.1 Å². The van der Waals surface area contributed by atoms with Gasteiger partial charge < -0.3 is 4.90 Å². The van der Waals surface area contributed by atoms with E-state index in [4.69, 9.17) is 9.97 Å². The largest absolute Gasteiger partial charge is 0.310 e. The molecule has 0 aliphatic carbocycles. The molecule has 4 heterocycles. The van der Waals surface area contributed by atoms with Crippen LogP contribution in [0.5, 0.6) is 0 Å². The van der Waals surface area contributed by atoms with Crippen molar-refractivity contribution < 1.29 is 0 Å². The van der Waals surface area contributed by atoms with Crippen molar-refractivity contribution in [2.45, 2.75) is 0 Å². The van der Waals surface area contributed by atoms with E-state index in [0.717, 1.165) is 82.9 Å². The lowest BCUT2D eigenvalue weighted by Crippen LogP contribution is -2.09. The van der Waals surface area contributed by atoms with Crippen LogP contribution in [0, 0.1) is 0 Å². The molecule has 0 aliphatic rings.